The highest BCUT2D eigenvalue weighted by molar-refractivity contribution is 5.82. The molecule has 5 heteroatoms. The predicted octanol–water partition coefficient (Wildman–Crippen LogP) is 2.51. The maximum absolute atomic E-state index is 12.1. The fraction of sp³-hybridized carbons (Fsp3) is 0.312. The van der Waals surface area contributed by atoms with Gasteiger partial charge in [0, 0.05) is 0 Å². The molecule has 0 saturated heterocycles. The van der Waals surface area contributed by atoms with Gasteiger partial charge in [-0.05, 0) is 43.7 Å². The molecule has 2 rings (SSSR count). The number of methoxy groups -OCH3 is 1. The summed E-state index contributed by atoms with van der Waals surface area (Å²) in [6.07, 6.45) is -1.25. The normalized spacial score (nSPS) is 13.5. The number of amides is 1. The number of carbonyl (C=O) groups excluding carboxylic acids is 1. The molecule has 2 unspecified atom stereocenters. The molecule has 2 N–H and O–H groups in total. The van der Waals surface area contributed by atoms with Gasteiger partial charge in [-0.3, -0.25) is 4.79 Å². The summed E-state index contributed by atoms with van der Waals surface area (Å²) in [5, 5.41) is 12.8. The molecule has 2 atom stereocenters. The number of benzene rings is 1. The molecule has 1 aromatic carbocycles. The number of ether oxygens (including phenoxy) is 1. The van der Waals surface area contributed by atoms with E-state index in [0.717, 1.165) is 5.76 Å². The van der Waals surface area contributed by atoms with Crippen molar-refractivity contribution >= 4 is 5.91 Å². The maximum atomic E-state index is 12.1. The van der Waals surface area contributed by atoms with E-state index in [-0.39, 0.29) is 6.04 Å². The molecule has 2 aromatic rings. The summed E-state index contributed by atoms with van der Waals surface area (Å²) in [6.45, 7) is 3.64. The van der Waals surface area contributed by atoms with Gasteiger partial charge in [0.1, 0.15) is 17.3 Å². The van der Waals surface area contributed by atoms with Crippen LogP contribution in [0, 0.1) is 6.92 Å². The molecule has 0 fully saturated rings. The summed E-state index contributed by atoms with van der Waals surface area (Å²) < 4.78 is 10.5. The lowest BCUT2D eigenvalue weighted by Crippen LogP contribution is -2.31. The largest absolute Gasteiger partial charge is 0.497 e. The third-order valence-corrected chi connectivity index (χ3v) is 3.20. The third-order valence-electron chi connectivity index (χ3n) is 3.20. The van der Waals surface area contributed by atoms with Gasteiger partial charge < -0.3 is 19.6 Å². The van der Waals surface area contributed by atoms with Crippen molar-refractivity contribution in [1.82, 2.24) is 5.32 Å². The standard InChI is InChI=1S/C16H19NO4/c1-10-7-8-14(21-10)11(2)17-16(19)15(18)12-5-4-6-13(9-12)20-3/h4-9,11,15,18H,1-3H3,(H,17,19). The molecule has 0 spiro atoms. The predicted molar refractivity (Wildman–Crippen MR) is 78.0 cm³/mol. The first-order valence-electron chi connectivity index (χ1n) is 6.70. The van der Waals surface area contributed by atoms with E-state index in [1.807, 2.05) is 13.0 Å². The van der Waals surface area contributed by atoms with Gasteiger partial charge in [0.2, 0.25) is 0 Å². The second kappa shape index (κ2) is 6.45. The van der Waals surface area contributed by atoms with Crippen molar-refractivity contribution in [2.45, 2.75) is 26.0 Å². The Morgan fingerprint density at radius 1 is 1.33 bits per heavy atom. The molecule has 1 aromatic heterocycles. The minimum absolute atomic E-state index is 0.313. The average molecular weight is 289 g/mol. The van der Waals surface area contributed by atoms with Crippen molar-refractivity contribution in [2.75, 3.05) is 7.11 Å². The lowest BCUT2D eigenvalue weighted by Gasteiger charge is -2.16. The quantitative estimate of drug-likeness (QED) is 0.887. The van der Waals surface area contributed by atoms with E-state index in [2.05, 4.69) is 5.32 Å². The van der Waals surface area contributed by atoms with Crippen molar-refractivity contribution in [3.05, 3.63) is 53.5 Å². The molecule has 0 bridgehead atoms. The van der Waals surface area contributed by atoms with Crippen LogP contribution in [-0.2, 0) is 4.79 Å². The molecule has 0 saturated carbocycles. The molecular formula is C16H19NO4. The zero-order valence-electron chi connectivity index (χ0n) is 12.3. The van der Waals surface area contributed by atoms with Crippen LogP contribution in [0.2, 0.25) is 0 Å². The van der Waals surface area contributed by atoms with Crippen molar-refractivity contribution in [3.63, 3.8) is 0 Å². The summed E-state index contributed by atoms with van der Waals surface area (Å²) in [6, 6.07) is 10.1. The molecule has 0 aliphatic heterocycles. The van der Waals surface area contributed by atoms with E-state index >= 15 is 0 Å². The highest BCUT2D eigenvalue weighted by Gasteiger charge is 2.21. The number of aliphatic hydroxyl groups is 1. The first-order chi connectivity index (χ1) is 10.0. The minimum atomic E-state index is -1.25. The first kappa shape index (κ1) is 15.1. The smallest absolute Gasteiger partial charge is 0.254 e. The second-order valence-corrected chi connectivity index (χ2v) is 4.86. The van der Waals surface area contributed by atoms with Crippen molar-refractivity contribution in [2.24, 2.45) is 0 Å². The lowest BCUT2D eigenvalue weighted by molar-refractivity contribution is -0.130. The summed E-state index contributed by atoms with van der Waals surface area (Å²) in [5.41, 5.74) is 0.481. The molecule has 0 aliphatic rings. The number of aryl methyl sites for hydroxylation is 1. The van der Waals surface area contributed by atoms with Gasteiger partial charge in [0.15, 0.2) is 6.10 Å². The number of furan rings is 1. The Hall–Kier alpha value is -2.27. The molecule has 112 valence electrons. The Bertz CT molecular complexity index is 620. The Morgan fingerprint density at radius 2 is 2.10 bits per heavy atom. The van der Waals surface area contributed by atoms with Crippen LogP contribution in [0.4, 0.5) is 0 Å². The topological polar surface area (TPSA) is 71.7 Å². The van der Waals surface area contributed by atoms with Crippen LogP contribution in [-0.4, -0.2) is 18.1 Å². The average Bonchev–Trinajstić information content (AvgIpc) is 2.93. The molecular weight excluding hydrogens is 270 g/mol. The Balaban J connectivity index is 2.05. The van der Waals surface area contributed by atoms with E-state index in [0.29, 0.717) is 17.1 Å². The highest BCUT2D eigenvalue weighted by Crippen LogP contribution is 2.21. The van der Waals surface area contributed by atoms with Crippen LogP contribution in [0.25, 0.3) is 0 Å². The van der Waals surface area contributed by atoms with E-state index in [1.165, 1.54) is 7.11 Å². The molecule has 5 nitrogen and oxygen atoms in total. The van der Waals surface area contributed by atoms with Crippen molar-refractivity contribution in [1.29, 1.82) is 0 Å². The number of nitrogens with one attached hydrogen (secondary N) is 1. The van der Waals surface area contributed by atoms with E-state index < -0.39 is 12.0 Å². The van der Waals surface area contributed by atoms with Gasteiger partial charge in [-0.2, -0.15) is 0 Å². The van der Waals surface area contributed by atoms with Gasteiger partial charge in [-0.15, -0.1) is 0 Å². The minimum Gasteiger partial charge on any atom is -0.497 e. The summed E-state index contributed by atoms with van der Waals surface area (Å²) >= 11 is 0. The van der Waals surface area contributed by atoms with Crippen LogP contribution >= 0.6 is 0 Å². The third kappa shape index (κ3) is 3.64. The fourth-order valence-corrected chi connectivity index (χ4v) is 2.01. The van der Waals surface area contributed by atoms with Gasteiger partial charge in [0.25, 0.3) is 5.91 Å². The summed E-state index contributed by atoms with van der Waals surface area (Å²) in [5.74, 6) is 1.54. The van der Waals surface area contributed by atoms with Gasteiger partial charge in [-0.1, -0.05) is 12.1 Å². The van der Waals surface area contributed by atoms with Crippen LogP contribution < -0.4 is 10.1 Å². The molecule has 0 radical (unpaired) electrons. The van der Waals surface area contributed by atoms with Crippen LogP contribution in [0.3, 0.4) is 0 Å². The summed E-state index contributed by atoms with van der Waals surface area (Å²) in [7, 11) is 1.53. The maximum Gasteiger partial charge on any atom is 0.254 e. The summed E-state index contributed by atoms with van der Waals surface area (Å²) in [4.78, 5) is 12.1. The van der Waals surface area contributed by atoms with Crippen molar-refractivity contribution in [3.8, 4) is 5.75 Å². The number of rotatable bonds is 5. The van der Waals surface area contributed by atoms with Crippen LogP contribution in [0.1, 0.15) is 36.2 Å². The number of aliphatic hydroxyl groups excluding tert-OH is 1. The number of hydrogen-bond acceptors (Lipinski definition) is 4. The van der Waals surface area contributed by atoms with Crippen molar-refractivity contribution < 1.29 is 19.1 Å². The van der Waals surface area contributed by atoms with Gasteiger partial charge >= 0.3 is 0 Å². The van der Waals surface area contributed by atoms with E-state index in [9.17, 15) is 9.90 Å². The Kier molecular flexibility index (Phi) is 4.65. The Morgan fingerprint density at radius 3 is 2.71 bits per heavy atom. The number of carbonyl (C=O) groups is 1. The van der Waals surface area contributed by atoms with Gasteiger partial charge in [-0.25, -0.2) is 0 Å². The Labute approximate surface area is 123 Å². The first-order valence-corrected chi connectivity index (χ1v) is 6.70. The second-order valence-electron chi connectivity index (χ2n) is 4.86. The van der Waals surface area contributed by atoms with Crippen LogP contribution in [0.5, 0.6) is 5.75 Å². The SMILES string of the molecule is COc1cccc(C(O)C(=O)NC(C)c2ccc(C)o2)c1. The van der Waals surface area contributed by atoms with Crippen LogP contribution in [0.15, 0.2) is 40.8 Å². The zero-order valence-corrected chi connectivity index (χ0v) is 12.3. The van der Waals surface area contributed by atoms with Gasteiger partial charge in [0.05, 0.1) is 13.2 Å². The zero-order chi connectivity index (χ0) is 15.4. The number of hydrogen-bond donors (Lipinski definition) is 2. The molecule has 1 amide bonds. The monoisotopic (exact) mass is 289 g/mol. The molecule has 21 heavy (non-hydrogen) atoms. The van der Waals surface area contributed by atoms with E-state index in [4.69, 9.17) is 9.15 Å². The lowest BCUT2D eigenvalue weighted by atomic mass is 10.1. The van der Waals surface area contributed by atoms with E-state index in [1.54, 1.807) is 37.3 Å². The molecule has 0 aliphatic carbocycles. The molecule has 1 heterocycles. The fourth-order valence-electron chi connectivity index (χ4n) is 2.01. The highest BCUT2D eigenvalue weighted by atomic mass is 16.5.